The van der Waals surface area contributed by atoms with Gasteiger partial charge in [0, 0.05) is 24.4 Å². The maximum atomic E-state index is 12.0. The Labute approximate surface area is 117 Å². The molecule has 2 N–H and O–H groups in total. The number of carbonyl (C=O) groups excluding carboxylic acids is 1. The Balaban J connectivity index is 1.97. The third kappa shape index (κ3) is 3.46. The second kappa shape index (κ2) is 6.55. The molecule has 0 atom stereocenters. The molecule has 0 saturated heterocycles. The van der Waals surface area contributed by atoms with Gasteiger partial charge in [0.15, 0.2) is 0 Å². The minimum atomic E-state index is -0.174. The van der Waals surface area contributed by atoms with E-state index in [0.717, 1.165) is 11.3 Å². The van der Waals surface area contributed by atoms with Crippen LogP contribution < -0.4 is 5.32 Å². The first-order valence-corrected chi connectivity index (χ1v) is 6.15. The van der Waals surface area contributed by atoms with Gasteiger partial charge in [-0.2, -0.15) is 5.10 Å². The van der Waals surface area contributed by atoms with E-state index in [1.807, 2.05) is 13.1 Å². The number of aliphatic hydroxyl groups is 1. The van der Waals surface area contributed by atoms with Crippen molar-refractivity contribution in [3.63, 3.8) is 0 Å². The lowest BCUT2D eigenvalue weighted by Crippen LogP contribution is -2.23. The molecule has 5 nitrogen and oxygen atoms in total. The molecule has 0 aliphatic heterocycles. The van der Waals surface area contributed by atoms with Gasteiger partial charge in [-0.3, -0.25) is 9.48 Å². The first-order chi connectivity index (χ1) is 9.70. The fourth-order valence-electron chi connectivity index (χ4n) is 1.69. The first kappa shape index (κ1) is 13.8. The number of hydrogen-bond donors (Lipinski definition) is 2. The molecule has 5 heteroatoms. The van der Waals surface area contributed by atoms with Crippen LogP contribution in [0.1, 0.15) is 21.6 Å². The minimum absolute atomic E-state index is 0.145. The van der Waals surface area contributed by atoms with Gasteiger partial charge in [-0.1, -0.05) is 11.8 Å². The van der Waals surface area contributed by atoms with Crippen molar-refractivity contribution in [3.8, 4) is 11.8 Å². The average Bonchev–Trinajstić information content (AvgIpc) is 2.88. The van der Waals surface area contributed by atoms with Crippen molar-refractivity contribution in [1.29, 1.82) is 0 Å². The minimum Gasteiger partial charge on any atom is -0.384 e. The van der Waals surface area contributed by atoms with Crippen LogP contribution in [0, 0.1) is 11.8 Å². The van der Waals surface area contributed by atoms with Gasteiger partial charge in [-0.25, -0.2) is 0 Å². The third-order valence-corrected chi connectivity index (χ3v) is 2.81. The zero-order valence-corrected chi connectivity index (χ0v) is 11.1. The Morgan fingerprint density at radius 2 is 2.10 bits per heavy atom. The maximum absolute atomic E-state index is 12.0. The average molecular weight is 269 g/mol. The monoisotopic (exact) mass is 269 g/mol. The summed E-state index contributed by atoms with van der Waals surface area (Å²) in [6, 6.07) is 8.77. The predicted molar refractivity (Wildman–Crippen MR) is 74.8 cm³/mol. The van der Waals surface area contributed by atoms with Crippen molar-refractivity contribution in [1.82, 2.24) is 15.1 Å². The van der Waals surface area contributed by atoms with Crippen molar-refractivity contribution in [3.05, 3.63) is 53.3 Å². The van der Waals surface area contributed by atoms with E-state index in [4.69, 9.17) is 5.11 Å². The summed E-state index contributed by atoms with van der Waals surface area (Å²) in [5.41, 5.74) is 2.27. The van der Waals surface area contributed by atoms with Gasteiger partial charge in [0.05, 0.1) is 12.2 Å². The number of rotatable bonds is 3. The number of aromatic nitrogens is 2. The molecule has 0 radical (unpaired) electrons. The molecular formula is C15H15N3O2. The normalized spacial score (nSPS) is 9.70. The maximum Gasteiger partial charge on any atom is 0.251 e. The molecule has 0 aliphatic rings. The van der Waals surface area contributed by atoms with E-state index in [-0.39, 0.29) is 12.5 Å². The highest BCUT2D eigenvalue weighted by molar-refractivity contribution is 5.94. The SMILES string of the molecule is Cn1nccc1CNC(=O)c1ccc(C#CCO)cc1. The topological polar surface area (TPSA) is 67.2 Å². The molecule has 20 heavy (non-hydrogen) atoms. The van der Waals surface area contributed by atoms with Gasteiger partial charge in [0.25, 0.3) is 5.91 Å². The molecular weight excluding hydrogens is 254 g/mol. The van der Waals surface area contributed by atoms with E-state index in [1.54, 1.807) is 35.1 Å². The standard InChI is InChI=1S/C15H15N3O2/c1-18-14(8-9-17-18)11-16-15(20)13-6-4-12(5-7-13)3-2-10-19/h4-9,19H,10-11H2,1H3,(H,16,20). The summed E-state index contributed by atoms with van der Waals surface area (Å²) in [5.74, 6) is 5.19. The highest BCUT2D eigenvalue weighted by Crippen LogP contribution is 2.04. The van der Waals surface area contributed by atoms with Crippen LogP contribution in [-0.4, -0.2) is 27.4 Å². The van der Waals surface area contributed by atoms with Crippen molar-refractivity contribution in [2.45, 2.75) is 6.54 Å². The molecule has 2 rings (SSSR count). The lowest BCUT2D eigenvalue weighted by Gasteiger charge is -2.05. The summed E-state index contributed by atoms with van der Waals surface area (Å²) in [6.07, 6.45) is 1.69. The number of nitrogens with zero attached hydrogens (tertiary/aromatic N) is 2. The molecule has 1 amide bonds. The highest BCUT2D eigenvalue weighted by Gasteiger charge is 2.06. The van der Waals surface area contributed by atoms with E-state index in [0.29, 0.717) is 12.1 Å². The van der Waals surface area contributed by atoms with Gasteiger partial charge in [0.2, 0.25) is 0 Å². The number of hydrogen-bond acceptors (Lipinski definition) is 3. The van der Waals surface area contributed by atoms with Crippen LogP contribution in [-0.2, 0) is 13.6 Å². The second-order valence-electron chi connectivity index (χ2n) is 4.17. The third-order valence-electron chi connectivity index (χ3n) is 2.81. The van der Waals surface area contributed by atoms with Crippen LogP contribution in [0.2, 0.25) is 0 Å². The van der Waals surface area contributed by atoms with Crippen LogP contribution in [0.5, 0.6) is 0 Å². The van der Waals surface area contributed by atoms with E-state index >= 15 is 0 Å². The predicted octanol–water partition coefficient (Wildman–Crippen LogP) is 0.694. The van der Waals surface area contributed by atoms with Gasteiger partial charge in [-0.15, -0.1) is 0 Å². The van der Waals surface area contributed by atoms with Crippen molar-refractivity contribution in [2.24, 2.45) is 7.05 Å². The largest absolute Gasteiger partial charge is 0.384 e. The van der Waals surface area contributed by atoms with Crippen LogP contribution in [0.3, 0.4) is 0 Å². The van der Waals surface area contributed by atoms with Gasteiger partial charge >= 0.3 is 0 Å². The highest BCUT2D eigenvalue weighted by atomic mass is 16.2. The fourth-order valence-corrected chi connectivity index (χ4v) is 1.69. The van der Waals surface area contributed by atoms with E-state index in [9.17, 15) is 4.79 Å². The number of amides is 1. The van der Waals surface area contributed by atoms with E-state index in [2.05, 4.69) is 22.3 Å². The van der Waals surface area contributed by atoms with Crippen LogP contribution >= 0.6 is 0 Å². The molecule has 0 spiro atoms. The van der Waals surface area contributed by atoms with Gasteiger partial charge in [0.1, 0.15) is 6.61 Å². The Hall–Kier alpha value is -2.58. The summed E-state index contributed by atoms with van der Waals surface area (Å²) in [7, 11) is 1.83. The summed E-state index contributed by atoms with van der Waals surface area (Å²) in [6.45, 7) is 0.258. The zero-order valence-electron chi connectivity index (χ0n) is 11.1. The molecule has 2 aromatic rings. The van der Waals surface area contributed by atoms with Gasteiger partial charge in [-0.05, 0) is 30.3 Å². The van der Waals surface area contributed by atoms with Crippen molar-refractivity contribution in [2.75, 3.05) is 6.61 Å². The summed E-state index contributed by atoms with van der Waals surface area (Å²) >= 11 is 0. The van der Waals surface area contributed by atoms with Crippen LogP contribution in [0.25, 0.3) is 0 Å². The Morgan fingerprint density at radius 3 is 2.70 bits per heavy atom. The van der Waals surface area contributed by atoms with Crippen molar-refractivity contribution >= 4 is 5.91 Å². The molecule has 102 valence electrons. The quantitative estimate of drug-likeness (QED) is 0.806. The lowest BCUT2D eigenvalue weighted by atomic mass is 10.1. The zero-order chi connectivity index (χ0) is 14.4. The van der Waals surface area contributed by atoms with E-state index < -0.39 is 0 Å². The van der Waals surface area contributed by atoms with Crippen LogP contribution in [0.15, 0.2) is 36.5 Å². The molecule has 1 heterocycles. The van der Waals surface area contributed by atoms with Gasteiger partial charge < -0.3 is 10.4 Å². The fraction of sp³-hybridized carbons (Fsp3) is 0.200. The Kier molecular flexibility index (Phi) is 4.53. The molecule has 0 fully saturated rings. The van der Waals surface area contributed by atoms with Crippen LogP contribution in [0.4, 0.5) is 0 Å². The summed E-state index contributed by atoms with van der Waals surface area (Å²) < 4.78 is 1.72. The number of aryl methyl sites for hydroxylation is 1. The Bertz CT molecular complexity index is 648. The summed E-state index contributed by atoms with van der Waals surface area (Å²) in [4.78, 5) is 12.0. The molecule has 1 aromatic heterocycles. The second-order valence-corrected chi connectivity index (χ2v) is 4.17. The first-order valence-electron chi connectivity index (χ1n) is 6.15. The summed E-state index contributed by atoms with van der Waals surface area (Å²) in [5, 5.41) is 15.5. The number of aliphatic hydroxyl groups excluding tert-OH is 1. The van der Waals surface area contributed by atoms with Crippen molar-refractivity contribution < 1.29 is 9.90 Å². The number of nitrogens with one attached hydrogen (secondary N) is 1. The Morgan fingerprint density at radius 1 is 1.35 bits per heavy atom. The molecule has 0 saturated carbocycles. The molecule has 0 unspecified atom stereocenters. The van der Waals surface area contributed by atoms with E-state index in [1.165, 1.54) is 0 Å². The number of benzene rings is 1. The molecule has 0 aliphatic carbocycles. The smallest absolute Gasteiger partial charge is 0.251 e. The number of carbonyl (C=O) groups is 1. The molecule has 0 bridgehead atoms. The molecule has 1 aromatic carbocycles. The lowest BCUT2D eigenvalue weighted by molar-refractivity contribution is 0.0950.